The lowest BCUT2D eigenvalue weighted by molar-refractivity contribution is -0.258. The molecule has 0 aromatic heterocycles. The van der Waals surface area contributed by atoms with Crippen molar-refractivity contribution < 1.29 is 41.6 Å². The average Bonchev–Trinajstić information content (AvgIpc) is 2.43. The summed E-state index contributed by atoms with van der Waals surface area (Å²) in [5, 5.41) is 38.1. The van der Waals surface area contributed by atoms with Gasteiger partial charge in [-0.05, 0) is 18.2 Å². The van der Waals surface area contributed by atoms with Crippen molar-refractivity contribution in [3.63, 3.8) is 0 Å². The van der Waals surface area contributed by atoms with Crippen LogP contribution in [0.25, 0.3) is 0 Å². The van der Waals surface area contributed by atoms with E-state index in [2.05, 4.69) is 11.6 Å². The van der Waals surface area contributed by atoms with Gasteiger partial charge in [0, 0.05) is 5.69 Å². The lowest BCUT2D eigenvalue weighted by Gasteiger charge is -2.38. The molecule has 0 bridgehead atoms. The van der Waals surface area contributed by atoms with Crippen LogP contribution in [0.4, 0.5) is 43.4 Å². The molecule has 1 aromatic carbocycles. The molecule has 8 nitrogen and oxygen atoms in total. The molecule has 0 spiro atoms. The molecular weight excluding hydrogens is 392 g/mol. The number of hydrogen-bond acceptors (Lipinski definition) is 7. The van der Waals surface area contributed by atoms with Gasteiger partial charge in [0.1, 0.15) is 5.69 Å². The third-order valence-corrected chi connectivity index (χ3v) is 3.35. The van der Waals surface area contributed by atoms with Crippen molar-refractivity contribution in [2.24, 2.45) is 0 Å². The van der Waals surface area contributed by atoms with Crippen molar-refractivity contribution in [3.05, 3.63) is 28.6 Å². The molecule has 1 amide bonds. The number of carbonyl (C=O) groups excluding carboxylic acids is 1. The van der Waals surface area contributed by atoms with E-state index in [1.165, 1.54) is 0 Å². The summed E-state index contributed by atoms with van der Waals surface area (Å²) in [6.07, 6.45) is -12.5. The standard InChI is InChI=1S/C10H6ClF6N3O5/c11-8(9(12,13)14,10(15,16)17)7(21)18-5-2-1-4(19(22)23)3-6(5)20(24)25/h1-3,24-25H,(H,18,21)/q-2. The van der Waals surface area contributed by atoms with Gasteiger partial charge in [0.25, 0.3) is 5.91 Å². The fourth-order valence-corrected chi connectivity index (χ4v) is 1.58. The second-order valence-electron chi connectivity index (χ2n) is 4.36. The van der Waals surface area contributed by atoms with Crippen LogP contribution in [-0.4, -0.2) is 33.5 Å². The fraction of sp³-hybridized carbons (Fsp3) is 0.300. The number of alkyl halides is 7. The molecule has 25 heavy (non-hydrogen) atoms. The van der Waals surface area contributed by atoms with Crippen molar-refractivity contribution in [3.8, 4) is 0 Å². The van der Waals surface area contributed by atoms with Crippen molar-refractivity contribution in [1.29, 1.82) is 0 Å². The molecule has 0 atom stereocenters. The van der Waals surface area contributed by atoms with Crippen LogP contribution < -0.4 is 15.8 Å². The van der Waals surface area contributed by atoms with Gasteiger partial charge in [-0.2, -0.15) is 26.3 Å². The van der Waals surface area contributed by atoms with E-state index in [0.29, 0.717) is 18.2 Å². The van der Waals surface area contributed by atoms with Crippen LogP contribution in [0.3, 0.4) is 0 Å². The first-order valence-electron chi connectivity index (χ1n) is 5.73. The molecule has 1 aromatic rings. The van der Waals surface area contributed by atoms with Gasteiger partial charge in [-0.15, -0.1) is 5.23 Å². The summed E-state index contributed by atoms with van der Waals surface area (Å²) in [4.78, 5) is 6.18. The predicted molar refractivity (Wildman–Crippen MR) is 71.0 cm³/mol. The van der Waals surface area contributed by atoms with E-state index >= 15 is 0 Å². The Hall–Kier alpha value is -2.00. The van der Waals surface area contributed by atoms with Gasteiger partial charge in [0.2, 0.25) is 0 Å². The van der Waals surface area contributed by atoms with Crippen LogP contribution in [0.5, 0.6) is 0 Å². The summed E-state index contributed by atoms with van der Waals surface area (Å²) in [6.45, 7) is 0. The number of halogens is 7. The molecule has 1 rings (SSSR count). The molecule has 0 heterocycles. The van der Waals surface area contributed by atoms with Crippen LogP contribution in [-0.2, 0) is 4.79 Å². The number of nitrogens with one attached hydrogen (secondary N) is 1. The maximum atomic E-state index is 12.7. The molecule has 142 valence electrons. The molecule has 0 aliphatic carbocycles. The summed E-state index contributed by atoms with van der Waals surface area (Å²) in [6, 6.07) is 1.43. The molecule has 3 N–H and O–H groups in total. The van der Waals surface area contributed by atoms with Crippen LogP contribution in [0.15, 0.2) is 18.2 Å². The number of benzene rings is 1. The van der Waals surface area contributed by atoms with Gasteiger partial charge in [0.15, 0.2) is 0 Å². The Morgan fingerprint density at radius 2 is 1.56 bits per heavy atom. The van der Waals surface area contributed by atoms with E-state index in [-0.39, 0.29) is 0 Å². The van der Waals surface area contributed by atoms with Gasteiger partial charge < -0.3 is 21.0 Å². The van der Waals surface area contributed by atoms with E-state index in [0.717, 1.165) is 5.32 Å². The Morgan fingerprint density at radius 1 is 1.08 bits per heavy atom. The third kappa shape index (κ3) is 3.98. The molecule has 0 radical (unpaired) electrons. The molecular formula is C10H6ClF6N3O5-2. The van der Waals surface area contributed by atoms with Gasteiger partial charge >= 0.3 is 17.2 Å². The van der Waals surface area contributed by atoms with Gasteiger partial charge in [-0.3, -0.25) is 15.2 Å². The SMILES string of the molecule is O=C(Nc1ccc(N([O-])[O-])cc1N(O)O)C(Cl)(C(F)(F)F)C(F)(F)F. The lowest BCUT2D eigenvalue weighted by atomic mass is 10.1. The van der Waals surface area contributed by atoms with E-state index in [9.17, 15) is 41.6 Å². The first-order valence-corrected chi connectivity index (χ1v) is 6.11. The quantitative estimate of drug-likeness (QED) is 0.405. The normalized spacial score (nSPS) is 12.8. The molecule has 0 aliphatic rings. The topological polar surface area (TPSA) is 122 Å². The number of hydrogen-bond donors (Lipinski definition) is 3. The highest BCUT2D eigenvalue weighted by Crippen LogP contribution is 2.49. The second-order valence-corrected chi connectivity index (χ2v) is 4.92. The zero-order chi connectivity index (χ0) is 19.8. The average molecular weight is 398 g/mol. The van der Waals surface area contributed by atoms with Crippen LogP contribution >= 0.6 is 11.6 Å². The summed E-state index contributed by atoms with van der Waals surface area (Å²) >= 11 is 4.50. The number of amides is 1. The molecule has 0 saturated carbocycles. The highest BCUT2D eigenvalue weighted by molar-refractivity contribution is 6.38. The lowest BCUT2D eigenvalue weighted by Crippen LogP contribution is -2.60. The predicted octanol–water partition coefficient (Wildman–Crippen LogP) is 3.11. The van der Waals surface area contributed by atoms with Gasteiger partial charge in [0.05, 0.1) is 5.69 Å². The minimum atomic E-state index is -6.25. The molecule has 0 unspecified atom stereocenters. The number of nitrogens with zero attached hydrogens (tertiary/aromatic N) is 2. The number of rotatable bonds is 4. The highest BCUT2D eigenvalue weighted by Gasteiger charge is 2.75. The second kappa shape index (κ2) is 6.72. The van der Waals surface area contributed by atoms with Crippen LogP contribution in [0.2, 0.25) is 0 Å². The third-order valence-electron chi connectivity index (χ3n) is 2.75. The smallest absolute Gasteiger partial charge is 0.425 e. The number of anilines is 3. The van der Waals surface area contributed by atoms with E-state index < -0.39 is 50.6 Å². The maximum Gasteiger partial charge on any atom is 0.425 e. The van der Waals surface area contributed by atoms with Crippen molar-refractivity contribution in [2.75, 3.05) is 15.8 Å². The Kier molecular flexibility index (Phi) is 5.66. The monoisotopic (exact) mass is 397 g/mol. The van der Waals surface area contributed by atoms with Gasteiger partial charge in [-0.1, -0.05) is 11.6 Å². The minimum Gasteiger partial charge on any atom is -0.769 e. The zero-order valence-electron chi connectivity index (χ0n) is 11.4. The van der Waals surface area contributed by atoms with Crippen molar-refractivity contribution >= 4 is 34.6 Å². The Labute approximate surface area is 138 Å². The Bertz CT molecular complexity index is 637. The number of carbonyl (C=O) groups is 1. The van der Waals surface area contributed by atoms with E-state index in [1.54, 1.807) is 0 Å². The minimum absolute atomic E-state index is 0.368. The van der Waals surface area contributed by atoms with Crippen molar-refractivity contribution in [2.45, 2.75) is 17.2 Å². The fourth-order valence-electron chi connectivity index (χ4n) is 1.53. The summed E-state index contributed by atoms with van der Waals surface area (Å²) in [7, 11) is 0. The van der Waals surface area contributed by atoms with E-state index in [4.69, 9.17) is 10.4 Å². The zero-order valence-corrected chi connectivity index (χ0v) is 12.1. The van der Waals surface area contributed by atoms with E-state index in [1.807, 2.05) is 0 Å². The first-order chi connectivity index (χ1) is 11.1. The van der Waals surface area contributed by atoms with Crippen LogP contribution in [0, 0.1) is 10.4 Å². The largest absolute Gasteiger partial charge is 0.769 e. The molecule has 0 aliphatic heterocycles. The molecule has 15 heteroatoms. The van der Waals surface area contributed by atoms with Crippen molar-refractivity contribution in [1.82, 2.24) is 0 Å². The van der Waals surface area contributed by atoms with Gasteiger partial charge in [-0.25, -0.2) is 0 Å². The van der Waals surface area contributed by atoms with Crippen LogP contribution in [0.1, 0.15) is 0 Å². The maximum absolute atomic E-state index is 12.7. The Morgan fingerprint density at radius 3 is 1.92 bits per heavy atom. The first kappa shape index (κ1) is 21.0. The molecule has 0 fully saturated rings. The Balaban J connectivity index is 3.35. The summed E-state index contributed by atoms with van der Waals surface area (Å²) in [5.41, 5.74) is -2.89. The summed E-state index contributed by atoms with van der Waals surface area (Å²) in [5.74, 6) is -2.80. The highest BCUT2D eigenvalue weighted by atomic mass is 35.5. The molecule has 0 saturated heterocycles. The summed E-state index contributed by atoms with van der Waals surface area (Å²) < 4.78 is 76.0.